The second-order valence-corrected chi connectivity index (χ2v) is 39.1. The number of anilines is 6. The van der Waals surface area contributed by atoms with Crippen molar-refractivity contribution in [3.05, 3.63) is 405 Å². The molecule has 7 aromatic carbocycles. The summed E-state index contributed by atoms with van der Waals surface area (Å²) in [5, 5.41) is 40.5. The van der Waals surface area contributed by atoms with Crippen LogP contribution in [-0.4, -0.2) is 111 Å². The highest BCUT2D eigenvalue weighted by atomic mass is 79.9. The van der Waals surface area contributed by atoms with Crippen molar-refractivity contribution < 1.29 is 65.1 Å². The minimum atomic E-state index is -3.66. The van der Waals surface area contributed by atoms with Gasteiger partial charge in [0, 0.05) is 140 Å². The van der Waals surface area contributed by atoms with Crippen LogP contribution in [0.25, 0.3) is 73.5 Å². The summed E-state index contributed by atoms with van der Waals surface area (Å²) >= 11 is 12.8. The number of phenols is 1. The zero-order valence-corrected chi connectivity index (χ0v) is 84.8. The summed E-state index contributed by atoms with van der Waals surface area (Å²) in [4.78, 5) is 108. The number of hydrogen-bond donors (Lipinski definition) is 7. The summed E-state index contributed by atoms with van der Waals surface area (Å²) in [6.07, 6.45) is 22.7. The Morgan fingerprint density at radius 2 is 0.660 bits per heavy atom. The molecular weight excluding hydrogens is 2020 g/mol. The van der Waals surface area contributed by atoms with Crippen molar-refractivity contribution in [1.29, 1.82) is 0 Å². The number of nitrogens with one attached hydrogen (secondary N) is 6. The van der Waals surface area contributed by atoms with E-state index < -0.39 is 10.1 Å². The first kappa shape index (κ1) is 104. The van der Waals surface area contributed by atoms with Gasteiger partial charge in [0.05, 0.1) is 111 Å². The first-order chi connectivity index (χ1) is 70.0. The lowest BCUT2D eigenvalue weighted by atomic mass is 10.0. The zero-order valence-electron chi connectivity index (χ0n) is 77.5. The first-order valence-corrected chi connectivity index (χ1v) is 51.9. The predicted molar refractivity (Wildman–Crippen MR) is 578 cm³/mol. The monoisotopic (exact) mass is 2110 g/mol. The standard InChI is InChI=1S/C21H16N2OS.C19H17BrN2O3S.C18H16N2O4S2.C18H16N2O2S.C17H14N2O2S.C16H12FN3OS/c24-21(12-17-6-3-5-15-4-1-2-7-19(15)17)23-18-13-20(25-14-18)16-8-10-22-11-9-16;1-24-16-7-13(15(20)10-17(16)25-2)8-19(23)22-14-9-18(26-11-14)12-3-5-21-6-4-12;1-26(22,23)24-16-5-3-2-4-14(16)10-18(21)20-15-11-17(25-12-15)13-6-8-19-9-7-13;1-22-16-5-3-2-4-14(16)10-18(21)20-15-11-17(23-12-15)13-6-8-19-9-7-13;20-15-3-1-2-12(8-15)9-17(21)19-14-10-16(22-11-14)13-4-6-18-7-5-13;17-13-4-2-1-3-11(13)7-16(21)20-12-8-15(22-9-12)14-5-6-18-10-19-14/h1-11,13-14H,12H2,(H,23,24);3-7,9-11H,8H2,1-2H3,(H,22,23);2-9,11-12H,10H2,1H3,(H,20,21);2-9,11-12H,10H2,1H3,(H,20,21);1-8,10-11,20H,9H2,(H,19,21);1-6,8-10H,7H2,(H,20,21). The van der Waals surface area contributed by atoms with Gasteiger partial charge in [-0.2, -0.15) is 8.42 Å². The summed E-state index contributed by atoms with van der Waals surface area (Å²) in [6, 6.07) is 77.7. The Morgan fingerprint density at radius 1 is 0.333 bits per heavy atom. The third-order valence-electron chi connectivity index (χ3n) is 20.8. The molecular formula is C109H91BrFN13O13S7. The molecule has 0 radical (unpaired) electrons. The second-order valence-electron chi connectivity index (χ2n) is 31.2. The number of fused-ring (bicyclic) bond motifs is 1. The Hall–Kier alpha value is -16.0. The summed E-state index contributed by atoms with van der Waals surface area (Å²) in [7, 11) is 1.10. The molecule has 12 aromatic heterocycles. The molecule has 144 heavy (non-hydrogen) atoms. The van der Waals surface area contributed by atoms with E-state index >= 15 is 0 Å². The van der Waals surface area contributed by atoms with Crippen molar-refractivity contribution in [3.8, 4) is 91.5 Å². The molecule has 0 spiro atoms. The van der Waals surface area contributed by atoms with Gasteiger partial charge >= 0.3 is 10.1 Å². The summed E-state index contributed by atoms with van der Waals surface area (Å²) in [5.41, 5.74) is 15.1. The molecule has 12 heterocycles. The van der Waals surface area contributed by atoms with Crippen LogP contribution in [0.3, 0.4) is 0 Å². The fourth-order valence-electron chi connectivity index (χ4n) is 14.1. The normalized spacial score (nSPS) is 10.6. The van der Waals surface area contributed by atoms with Gasteiger partial charge in [0.15, 0.2) is 11.5 Å². The van der Waals surface area contributed by atoms with E-state index in [2.05, 4.69) is 101 Å². The average molecular weight is 2110 g/mol. The SMILES string of the molecule is COc1cc(Br)c(CC(=O)Nc2csc(-c3ccncc3)c2)cc1OC.COc1ccccc1CC(=O)Nc1csc(-c2ccncc2)c1.CS(=O)(=O)Oc1ccccc1CC(=O)Nc1csc(-c2ccncc2)c1.O=C(Cc1cccc(O)c1)Nc1csc(-c2ccncc2)c1.O=C(Cc1cccc2ccccc12)Nc1csc(-c2ccncc2)c1.O=C(Cc1ccccc1F)Nc1csc(-c2ccncn2)c1. The van der Waals surface area contributed by atoms with Crippen molar-refractivity contribution in [2.24, 2.45) is 0 Å². The molecule has 726 valence electrons. The van der Waals surface area contributed by atoms with E-state index in [1.165, 1.54) is 41.1 Å². The highest BCUT2D eigenvalue weighted by molar-refractivity contribution is 9.10. The number of thiophene rings is 6. The van der Waals surface area contributed by atoms with Crippen LogP contribution in [0.15, 0.2) is 366 Å². The van der Waals surface area contributed by atoms with Crippen LogP contribution in [0.4, 0.5) is 38.5 Å². The van der Waals surface area contributed by atoms with Crippen LogP contribution in [0, 0.1) is 5.82 Å². The molecule has 0 aliphatic rings. The number of para-hydroxylation sites is 2. The average Bonchev–Trinajstić information content (AvgIpc) is 1.46. The molecule has 7 N–H and O–H groups in total. The lowest BCUT2D eigenvalue weighted by Gasteiger charge is -2.11. The third-order valence-corrected chi connectivity index (χ3v) is 27.9. The fourth-order valence-corrected chi connectivity index (χ4v) is 20.1. The molecule has 19 aromatic rings. The van der Waals surface area contributed by atoms with Crippen molar-refractivity contribution in [2.45, 2.75) is 38.5 Å². The summed E-state index contributed by atoms with van der Waals surface area (Å²) < 4.78 is 57.8. The highest BCUT2D eigenvalue weighted by Gasteiger charge is 2.20. The van der Waals surface area contributed by atoms with Gasteiger partial charge in [-0.05, 0) is 206 Å². The van der Waals surface area contributed by atoms with E-state index in [0.717, 1.165) is 135 Å². The minimum Gasteiger partial charge on any atom is -0.508 e. The number of ether oxygens (including phenoxy) is 3. The Balaban J connectivity index is 0.000000137. The molecule has 19 rings (SSSR count). The molecule has 0 atom stereocenters. The number of carbonyl (C=O) groups is 6. The third kappa shape index (κ3) is 31.8. The van der Waals surface area contributed by atoms with Crippen LogP contribution < -0.4 is 50.3 Å². The number of methoxy groups -OCH3 is 3. The fraction of sp³-hybridized carbons (Fsp3) is 0.0917. The van der Waals surface area contributed by atoms with Gasteiger partial charge in [0.25, 0.3) is 0 Å². The first-order valence-electron chi connectivity index (χ1n) is 44.1. The Bertz CT molecular complexity index is 7630. The molecule has 0 saturated carbocycles. The number of rotatable bonds is 29. The number of amides is 6. The van der Waals surface area contributed by atoms with Gasteiger partial charge in [-0.25, -0.2) is 14.4 Å². The van der Waals surface area contributed by atoms with E-state index in [1.54, 1.807) is 208 Å². The van der Waals surface area contributed by atoms with E-state index in [1.807, 2.05) is 184 Å². The van der Waals surface area contributed by atoms with Crippen LogP contribution in [0.2, 0.25) is 0 Å². The number of halogens is 2. The van der Waals surface area contributed by atoms with E-state index in [9.17, 15) is 46.7 Å². The lowest BCUT2D eigenvalue weighted by molar-refractivity contribution is -0.116. The number of benzene rings is 7. The highest BCUT2D eigenvalue weighted by Crippen LogP contribution is 2.39. The smallest absolute Gasteiger partial charge is 0.306 e. The molecule has 6 amide bonds. The molecule has 35 heteroatoms. The minimum absolute atomic E-state index is 0.00423. The molecule has 0 unspecified atom stereocenters. The maximum Gasteiger partial charge on any atom is 0.306 e. The van der Waals surface area contributed by atoms with Gasteiger partial charge in [-0.15, -0.1) is 68.0 Å². The van der Waals surface area contributed by atoms with Crippen molar-refractivity contribution in [2.75, 3.05) is 59.5 Å². The van der Waals surface area contributed by atoms with Crippen molar-refractivity contribution in [1.82, 2.24) is 34.9 Å². The number of carbonyl (C=O) groups excluding carboxylic acids is 6. The van der Waals surface area contributed by atoms with Crippen molar-refractivity contribution in [3.63, 3.8) is 0 Å². The van der Waals surface area contributed by atoms with Crippen LogP contribution in [-0.2, 0) is 77.4 Å². The van der Waals surface area contributed by atoms with Gasteiger partial charge in [0.1, 0.15) is 29.4 Å². The molecule has 0 aliphatic heterocycles. The Morgan fingerprint density at radius 3 is 1.07 bits per heavy atom. The number of nitrogens with zero attached hydrogens (tertiary/aromatic N) is 7. The van der Waals surface area contributed by atoms with Gasteiger partial charge in [-0.3, -0.25) is 53.7 Å². The van der Waals surface area contributed by atoms with Gasteiger partial charge < -0.3 is 55.4 Å². The van der Waals surface area contributed by atoms with E-state index in [0.29, 0.717) is 40.4 Å². The van der Waals surface area contributed by atoms with Crippen LogP contribution in [0.5, 0.6) is 28.7 Å². The Labute approximate surface area is 862 Å². The molecule has 0 bridgehead atoms. The number of aromatic hydroxyl groups is 1. The quantitative estimate of drug-likeness (QED) is 0.0214. The largest absolute Gasteiger partial charge is 0.508 e. The molecule has 0 aliphatic carbocycles. The number of hydrogen-bond acceptors (Lipinski definition) is 26. The predicted octanol–water partition coefficient (Wildman–Crippen LogP) is 24.5. The summed E-state index contributed by atoms with van der Waals surface area (Å²) in [6.45, 7) is 0. The second kappa shape index (κ2) is 52.5. The maximum absolute atomic E-state index is 13.5. The van der Waals surface area contributed by atoms with E-state index in [-0.39, 0.29) is 84.9 Å². The number of aromatic nitrogens is 7. The van der Waals surface area contributed by atoms with E-state index in [4.69, 9.17) is 18.4 Å². The van der Waals surface area contributed by atoms with Crippen LogP contribution >= 0.6 is 84.0 Å². The maximum atomic E-state index is 13.5. The Kier molecular flexibility index (Phi) is 37.9. The van der Waals surface area contributed by atoms with Gasteiger partial charge in [0.2, 0.25) is 35.4 Å². The molecule has 0 saturated heterocycles. The zero-order chi connectivity index (χ0) is 101. The lowest BCUT2D eigenvalue weighted by Crippen LogP contribution is -2.15. The van der Waals surface area contributed by atoms with Crippen LogP contribution in [0.1, 0.15) is 33.4 Å². The topological polar surface area (TPSA) is 356 Å². The number of pyridine rings is 5. The van der Waals surface area contributed by atoms with Gasteiger partial charge in [-0.1, -0.05) is 125 Å². The number of phenolic OH excluding ortho intramolecular Hbond substituents is 1. The van der Waals surface area contributed by atoms with Crippen molar-refractivity contribution >= 4 is 174 Å². The molecule has 26 nitrogen and oxygen atoms in total. The molecule has 0 fully saturated rings. The summed E-state index contributed by atoms with van der Waals surface area (Å²) in [5.74, 6) is 1.11.